The molecule has 0 radical (unpaired) electrons. The Hall–Kier alpha value is -0.120. The first-order valence-electron chi connectivity index (χ1n) is 6.37. The molecule has 2 rings (SSSR count). The standard InChI is InChI=1S/C12H24N2O/c1-9-7-11(5-6-15-9)14-12-4-2-3-10(12)8-13/h9-12,14H,2-8,13H2,1H3. The number of nitrogens with one attached hydrogen (secondary N) is 1. The molecule has 1 saturated heterocycles. The molecule has 0 bridgehead atoms. The van der Waals surface area contributed by atoms with Crippen molar-refractivity contribution in [1.29, 1.82) is 0 Å². The third-order valence-corrected chi connectivity index (χ3v) is 3.90. The first kappa shape index (κ1) is 11.4. The monoisotopic (exact) mass is 212 g/mol. The van der Waals surface area contributed by atoms with Gasteiger partial charge in [0.15, 0.2) is 0 Å². The summed E-state index contributed by atoms with van der Waals surface area (Å²) in [6.07, 6.45) is 6.72. The lowest BCUT2D eigenvalue weighted by Gasteiger charge is -2.32. The van der Waals surface area contributed by atoms with Crippen LogP contribution in [0, 0.1) is 5.92 Å². The molecule has 0 aromatic rings. The van der Waals surface area contributed by atoms with Gasteiger partial charge in [0.25, 0.3) is 0 Å². The van der Waals surface area contributed by atoms with Crippen molar-refractivity contribution in [3.8, 4) is 0 Å². The van der Waals surface area contributed by atoms with Crippen molar-refractivity contribution in [2.75, 3.05) is 13.2 Å². The quantitative estimate of drug-likeness (QED) is 0.740. The smallest absolute Gasteiger partial charge is 0.0561 e. The van der Waals surface area contributed by atoms with E-state index in [1.165, 1.54) is 19.3 Å². The van der Waals surface area contributed by atoms with Gasteiger partial charge in [-0.15, -0.1) is 0 Å². The minimum Gasteiger partial charge on any atom is -0.378 e. The van der Waals surface area contributed by atoms with Crippen molar-refractivity contribution < 1.29 is 4.74 Å². The molecule has 0 amide bonds. The number of nitrogens with two attached hydrogens (primary N) is 1. The first-order valence-corrected chi connectivity index (χ1v) is 6.37. The Morgan fingerprint density at radius 1 is 1.33 bits per heavy atom. The fourth-order valence-electron chi connectivity index (χ4n) is 2.99. The van der Waals surface area contributed by atoms with E-state index in [0.29, 0.717) is 24.1 Å². The Kier molecular flexibility index (Phi) is 4.00. The second kappa shape index (κ2) is 5.28. The Bertz CT molecular complexity index is 198. The first-order chi connectivity index (χ1) is 7.29. The van der Waals surface area contributed by atoms with Gasteiger partial charge in [0.2, 0.25) is 0 Å². The Labute approximate surface area is 92.7 Å². The van der Waals surface area contributed by atoms with Crippen molar-refractivity contribution in [1.82, 2.24) is 5.32 Å². The molecule has 1 saturated carbocycles. The second-order valence-electron chi connectivity index (χ2n) is 5.10. The van der Waals surface area contributed by atoms with Gasteiger partial charge in [0, 0.05) is 18.7 Å². The average Bonchev–Trinajstić information content (AvgIpc) is 2.65. The van der Waals surface area contributed by atoms with E-state index in [0.717, 1.165) is 26.0 Å². The summed E-state index contributed by atoms with van der Waals surface area (Å²) in [6, 6.07) is 1.33. The maximum atomic E-state index is 5.79. The highest BCUT2D eigenvalue weighted by molar-refractivity contribution is 4.87. The number of rotatable bonds is 3. The largest absolute Gasteiger partial charge is 0.378 e. The molecule has 3 heteroatoms. The summed E-state index contributed by atoms with van der Waals surface area (Å²) in [5, 5.41) is 3.79. The molecule has 0 aromatic carbocycles. The summed E-state index contributed by atoms with van der Waals surface area (Å²) in [5.41, 5.74) is 5.79. The van der Waals surface area contributed by atoms with Crippen LogP contribution < -0.4 is 11.1 Å². The maximum Gasteiger partial charge on any atom is 0.0561 e. The summed E-state index contributed by atoms with van der Waals surface area (Å²) in [6.45, 7) is 3.93. The van der Waals surface area contributed by atoms with E-state index in [1.807, 2.05) is 0 Å². The van der Waals surface area contributed by atoms with Crippen molar-refractivity contribution in [2.45, 2.75) is 57.2 Å². The molecule has 88 valence electrons. The van der Waals surface area contributed by atoms with Gasteiger partial charge in [0.1, 0.15) is 0 Å². The van der Waals surface area contributed by atoms with Crippen LogP contribution in [-0.4, -0.2) is 31.3 Å². The summed E-state index contributed by atoms with van der Waals surface area (Å²) in [5.74, 6) is 0.711. The molecule has 3 N–H and O–H groups in total. The van der Waals surface area contributed by atoms with Crippen LogP contribution in [0.25, 0.3) is 0 Å². The second-order valence-corrected chi connectivity index (χ2v) is 5.10. The summed E-state index contributed by atoms with van der Waals surface area (Å²) in [4.78, 5) is 0. The van der Waals surface area contributed by atoms with Gasteiger partial charge in [-0.3, -0.25) is 0 Å². The van der Waals surface area contributed by atoms with Crippen LogP contribution in [0.15, 0.2) is 0 Å². The molecule has 1 aliphatic heterocycles. The van der Waals surface area contributed by atoms with E-state index >= 15 is 0 Å². The highest BCUT2D eigenvalue weighted by atomic mass is 16.5. The van der Waals surface area contributed by atoms with Crippen LogP contribution in [0.5, 0.6) is 0 Å². The predicted molar refractivity (Wildman–Crippen MR) is 61.8 cm³/mol. The van der Waals surface area contributed by atoms with E-state index in [4.69, 9.17) is 10.5 Å². The van der Waals surface area contributed by atoms with E-state index in [9.17, 15) is 0 Å². The van der Waals surface area contributed by atoms with Crippen LogP contribution >= 0.6 is 0 Å². The topological polar surface area (TPSA) is 47.3 Å². The van der Waals surface area contributed by atoms with Crippen LogP contribution in [0.1, 0.15) is 39.0 Å². The zero-order valence-electron chi connectivity index (χ0n) is 9.74. The molecule has 4 unspecified atom stereocenters. The lowest BCUT2D eigenvalue weighted by molar-refractivity contribution is 0.0104. The molecule has 0 aromatic heterocycles. The lowest BCUT2D eigenvalue weighted by Crippen LogP contribution is -2.46. The molecule has 2 fully saturated rings. The predicted octanol–water partition coefficient (Wildman–Crippen LogP) is 1.27. The maximum absolute atomic E-state index is 5.79. The summed E-state index contributed by atoms with van der Waals surface area (Å²) in [7, 11) is 0. The van der Waals surface area contributed by atoms with Crippen molar-refractivity contribution >= 4 is 0 Å². The van der Waals surface area contributed by atoms with Crippen LogP contribution in [-0.2, 0) is 4.74 Å². The van der Waals surface area contributed by atoms with Crippen LogP contribution in [0.4, 0.5) is 0 Å². The number of ether oxygens (including phenoxy) is 1. The minimum absolute atomic E-state index is 0.425. The fourth-order valence-corrected chi connectivity index (χ4v) is 2.99. The van der Waals surface area contributed by atoms with Crippen molar-refractivity contribution in [2.24, 2.45) is 11.7 Å². The van der Waals surface area contributed by atoms with Crippen LogP contribution in [0.3, 0.4) is 0 Å². The van der Waals surface area contributed by atoms with E-state index in [1.54, 1.807) is 0 Å². The highest BCUT2D eigenvalue weighted by Crippen LogP contribution is 2.26. The lowest BCUT2D eigenvalue weighted by atomic mass is 9.99. The van der Waals surface area contributed by atoms with E-state index in [-0.39, 0.29) is 0 Å². The normalized spacial score (nSPS) is 42.0. The molecular weight excluding hydrogens is 188 g/mol. The molecule has 4 atom stereocenters. The molecule has 1 aliphatic carbocycles. The summed E-state index contributed by atoms with van der Waals surface area (Å²) >= 11 is 0. The minimum atomic E-state index is 0.425. The molecule has 3 nitrogen and oxygen atoms in total. The molecular formula is C12H24N2O. The van der Waals surface area contributed by atoms with Gasteiger partial charge in [-0.1, -0.05) is 6.42 Å². The summed E-state index contributed by atoms with van der Waals surface area (Å²) < 4.78 is 5.56. The molecule has 2 aliphatic rings. The van der Waals surface area contributed by atoms with E-state index < -0.39 is 0 Å². The zero-order chi connectivity index (χ0) is 10.7. The molecule has 0 spiro atoms. The Morgan fingerprint density at radius 3 is 2.93 bits per heavy atom. The van der Waals surface area contributed by atoms with Gasteiger partial charge >= 0.3 is 0 Å². The van der Waals surface area contributed by atoms with Crippen molar-refractivity contribution in [3.63, 3.8) is 0 Å². The third-order valence-electron chi connectivity index (χ3n) is 3.90. The fraction of sp³-hybridized carbons (Fsp3) is 1.00. The third kappa shape index (κ3) is 2.92. The highest BCUT2D eigenvalue weighted by Gasteiger charge is 2.29. The van der Waals surface area contributed by atoms with Gasteiger partial charge in [0.05, 0.1) is 6.10 Å². The van der Waals surface area contributed by atoms with Gasteiger partial charge < -0.3 is 15.8 Å². The average molecular weight is 212 g/mol. The van der Waals surface area contributed by atoms with Gasteiger partial charge in [-0.25, -0.2) is 0 Å². The molecule has 1 heterocycles. The van der Waals surface area contributed by atoms with Gasteiger partial charge in [-0.05, 0) is 45.1 Å². The van der Waals surface area contributed by atoms with Crippen molar-refractivity contribution in [3.05, 3.63) is 0 Å². The van der Waals surface area contributed by atoms with E-state index in [2.05, 4.69) is 12.2 Å². The van der Waals surface area contributed by atoms with Gasteiger partial charge in [-0.2, -0.15) is 0 Å². The Balaban J connectivity index is 1.80. The number of hydrogen-bond donors (Lipinski definition) is 2. The zero-order valence-corrected chi connectivity index (χ0v) is 9.74. The number of hydrogen-bond acceptors (Lipinski definition) is 3. The van der Waals surface area contributed by atoms with Crippen LogP contribution in [0.2, 0.25) is 0 Å². The molecule has 15 heavy (non-hydrogen) atoms. The SMILES string of the molecule is CC1CC(NC2CCCC2CN)CCO1. The Morgan fingerprint density at radius 2 is 2.20 bits per heavy atom.